The third-order valence-corrected chi connectivity index (χ3v) is 10.9. The van der Waals surface area contributed by atoms with E-state index < -0.39 is 0 Å². The highest BCUT2D eigenvalue weighted by Gasteiger charge is 2.28. The van der Waals surface area contributed by atoms with E-state index in [1.165, 1.54) is 91.7 Å². The molecule has 0 saturated carbocycles. The van der Waals surface area contributed by atoms with Gasteiger partial charge < -0.3 is 0 Å². The second kappa shape index (κ2) is 10.4. The first-order valence-electron chi connectivity index (χ1n) is 13.7. The van der Waals surface area contributed by atoms with Crippen LogP contribution in [0.4, 0.5) is 0 Å². The highest BCUT2D eigenvalue weighted by molar-refractivity contribution is 6.73. The third-order valence-electron chi connectivity index (χ3n) is 8.10. The smallest absolute Gasteiger partial charge is 0.0841 e. The Labute approximate surface area is 233 Å². The lowest BCUT2D eigenvalue weighted by Crippen LogP contribution is -2.35. The Hall–Kier alpha value is -2.32. The molecule has 0 spiro atoms. The summed E-state index contributed by atoms with van der Waals surface area (Å²) in [6.45, 7) is 4.54. The van der Waals surface area contributed by atoms with Crippen molar-refractivity contribution in [2.75, 3.05) is 0 Å². The van der Waals surface area contributed by atoms with Crippen molar-refractivity contribution in [2.45, 2.75) is 65.2 Å². The molecule has 0 aromatic heterocycles. The first kappa shape index (κ1) is 25.0. The van der Waals surface area contributed by atoms with Gasteiger partial charge in [0.25, 0.3) is 0 Å². The average Bonchev–Trinajstić information content (AvgIpc) is 3.48. The van der Waals surface area contributed by atoms with Crippen molar-refractivity contribution in [1.29, 1.82) is 0 Å². The molecule has 0 nitrogen and oxygen atoms in total. The SMILES string of the molecule is CCCCc1cc2c(c(Cl)c1[Si]c1c(CCCC)cc3c(c1Cl)Cc1ccccc1-3)Cc1ccccc1-2. The lowest BCUT2D eigenvalue weighted by molar-refractivity contribution is 0.797. The highest BCUT2D eigenvalue weighted by atomic mass is 35.5. The van der Waals surface area contributed by atoms with Crippen LogP contribution >= 0.6 is 23.2 Å². The Morgan fingerprint density at radius 1 is 0.622 bits per heavy atom. The van der Waals surface area contributed by atoms with Gasteiger partial charge in [-0.2, -0.15) is 0 Å². The Balaban J connectivity index is 1.49. The fourth-order valence-corrected chi connectivity index (χ4v) is 8.44. The van der Waals surface area contributed by atoms with Crippen LogP contribution in [-0.2, 0) is 25.7 Å². The normalized spacial score (nSPS) is 12.9. The first-order valence-corrected chi connectivity index (χ1v) is 15.5. The molecule has 37 heavy (non-hydrogen) atoms. The zero-order valence-corrected chi connectivity index (χ0v) is 24.2. The summed E-state index contributed by atoms with van der Waals surface area (Å²) >= 11 is 14.7. The van der Waals surface area contributed by atoms with Crippen LogP contribution in [0.15, 0.2) is 60.7 Å². The minimum Gasteiger partial charge on any atom is -0.0841 e. The van der Waals surface area contributed by atoms with Gasteiger partial charge in [0.1, 0.15) is 9.52 Å². The maximum atomic E-state index is 7.34. The first-order chi connectivity index (χ1) is 18.1. The van der Waals surface area contributed by atoms with E-state index in [0.29, 0.717) is 9.52 Å². The van der Waals surface area contributed by atoms with E-state index in [4.69, 9.17) is 23.2 Å². The number of benzene rings is 4. The molecular formula is C34H32Cl2Si. The van der Waals surface area contributed by atoms with Crippen molar-refractivity contribution in [3.05, 3.63) is 104 Å². The number of fused-ring (bicyclic) bond motifs is 6. The molecule has 0 atom stereocenters. The Bertz CT molecular complexity index is 1390. The number of unbranched alkanes of at least 4 members (excludes halogenated alkanes) is 2. The van der Waals surface area contributed by atoms with Crippen LogP contribution in [0.5, 0.6) is 0 Å². The maximum absolute atomic E-state index is 7.34. The summed E-state index contributed by atoms with van der Waals surface area (Å²) in [7, 11) is 0.471. The second-order valence-electron chi connectivity index (χ2n) is 10.5. The highest BCUT2D eigenvalue weighted by Crippen LogP contribution is 2.42. The van der Waals surface area contributed by atoms with Gasteiger partial charge in [0, 0.05) is 22.9 Å². The molecule has 186 valence electrons. The van der Waals surface area contributed by atoms with Gasteiger partial charge in [0.15, 0.2) is 0 Å². The molecule has 2 aliphatic rings. The van der Waals surface area contributed by atoms with Crippen LogP contribution in [0.2, 0.25) is 10.0 Å². The molecule has 0 aliphatic heterocycles. The summed E-state index contributed by atoms with van der Waals surface area (Å²) in [5.41, 5.74) is 13.5. The minimum atomic E-state index is 0.471. The zero-order valence-electron chi connectivity index (χ0n) is 21.7. The fourth-order valence-electron chi connectivity index (χ4n) is 6.09. The van der Waals surface area contributed by atoms with Gasteiger partial charge >= 0.3 is 0 Å². The molecule has 0 fully saturated rings. The van der Waals surface area contributed by atoms with E-state index in [1.54, 1.807) is 0 Å². The maximum Gasteiger partial charge on any atom is 0.126 e. The van der Waals surface area contributed by atoms with Gasteiger partial charge in [-0.05, 0) is 91.7 Å². The van der Waals surface area contributed by atoms with Gasteiger partial charge in [-0.1, -0.05) is 111 Å². The van der Waals surface area contributed by atoms with Crippen LogP contribution in [0.3, 0.4) is 0 Å². The molecule has 2 radical (unpaired) electrons. The van der Waals surface area contributed by atoms with Gasteiger partial charge in [-0.25, -0.2) is 0 Å². The van der Waals surface area contributed by atoms with E-state index in [-0.39, 0.29) is 0 Å². The lowest BCUT2D eigenvalue weighted by atomic mass is 9.99. The van der Waals surface area contributed by atoms with E-state index in [1.807, 2.05) is 0 Å². The number of hydrogen-bond donors (Lipinski definition) is 0. The molecule has 0 unspecified atom stereocenters. The van der Waals surface area contributed by atoms with Crippen molar-refractivity contribution in [2.24, 2.45) is 0 Å². The van der Waals surface area contributed by atoms with Crippen molar-refractivity contribution in [1.82, 2.24) is 0 Å². The molecule has 0 N–H and O–H groups in total. The molecule has 0 amide bonds. The predicted molar refractivity (Wildman–Crippen MR) is 162 cm³/mol. The van der Waals surface area contributed by atoms with Gasteiger partial charge in [-0.15, -0.1) is 0 Å². The Morgan fingerprint density at radius 2 is 1.05 bits per heavy atom. The van der Waals surface area contributed by atoms with E-state index in [0.717, 1.165) is 35.7 Å². The standard InChI is InChI=1S/C34H32Cl2Si/c1-3-5-11-23-19-27-25-15-9-7-13-21(25)17-29(27)31(35)33(23)37-34-24(12-6-4-2)20-28-26-16-10-8-14-22(26)18-30(28)32(34)36/h7-10,13-16,19-20H,3-6,11-12,17-18H2,1-2H3. The second-order valence-corrected chi connectivity index (χ2v) is 12.5. The van der Waals surface area contributed by atoms with Crippen LogP contribution in [0, 0.1) is 0 Å². The van der Waals surface area contributed by atoms with Gasteiger partial charge in [0.05, 0.1) is 0 Å². The summed E-state index contributed by atoms with van der Waals surface area (Å²) in [6.07, 6.45) is 8.66. The summed E-state index contributed by atoms with van der Waals surface area (Å²) in [6, 6.07) is 22.5. The van der Waals surface area contributed by atoms with E-state index in [2.05, 4.69) is 74.5 Å². The summed E-state index contributed by atoms with van der Waals surface area (Å²) in [5.74, 6) is 0. The number of halogens is 2. The molecule has 0 bridgehead atoms. The molecule has 0 heterocycles. The van der Waals surface area contributed by atoms with Crippen molar-refractivity contribution in [3.63, 3.8) is 0 Å². The Kier molecular flexibility index (Phi) is 7.05. The Morgan fingerprint density at radius 3 is 1.49 bits per heavy atom. The number of rotatable bonds is 8. The number of aryl methyl sites for hydroxylation is 2. The van der Waals surface area contributed by atoms with E-state index in [9.17, 15) is 0 Å². The number of hydrogen-bond acceptors (Lipinski definition) is 0. The summed E-state index contributed by atoms with van der Waals surface area (Å²) < 4.78 is 0. The lowest BCUT2D eigenvalue weighted by Gasteiger charge is -2.20. The van der Waals surface area contributed by atoms with Crippen LogP contribution in [0.1, 0.15) is 72.9 Å². The fraction of sp³-hybridized carbons (Fsp3) is 0.294. The van der Waals surface area contributed by atoms with Gasteiger partial charge in [-0.3, -0.25) is 0 Å². The quantitative estimate of drug-likeness (QED) is 0.170. The molecule has 4 aromatic carbocycles. The van der Waals surface area contributed by atoms with Crippen LogP contribution < -0.4 is 10.4 Å². The molecule has 2 aliphatic carbocycles. The topological polar surface area (TPSA) is 0 Å². The van der Waals surface area contributed by atoms with Crippen LogP contribution in [-0.4, -0.2) is 9.52 Å². The zero-order chi connectivity index (χ0) is 25.5. The largest absolute Gasteiger partial charge is 0.126 e. The van der Waals surface area contributed by atoms with E-state index >= 15 is 0 Å². The monoisotopic (exact) mass is 538 g/mol. The van der Waals surface area contributed by atoms with Gasteiger partial charge in [0.2, 0.25) is 0 Å². The average molecular weight is 540 g/mol. The third kappa shape index (κ3) is 4.40. The molecule has 6 rings (SSSR count). The molecule has 3 heteroatoms. The molecule has 0 saturated heterocycles. The predicted octanol–water partition coefficient (Wildman–Crippen LogP) is 8.48. The van der Waals surface area contributed by atoms with Crippen LogP contribution in [0.25, 0.3) is 22.3 Å². The molecule has 4 aromatic rings. The minimum absolute atomic E-state index is 0.471. The van der Waals surface area contributed by atoms with Crippen molar-refractivity contribution in [3.8, 4) is 22.3 Å². The summed E-state index contributed by atoms with van der Waals surface area (Å²) in [4.78, 5) is 0. The molecular weight excluding hydrogens is 507 g/mol. The van der Waals surface area contributed by atoms with Crippen molar-refractivity contribution >= 4 is 43.1 Å². The van der Waals surface area contributed by atoms with Crippen molar-refractivity contribution < 1.29 is 0 Å². The summed E-state index contributed by atoms with van der Waals surface area (Å²) in [5, 5.41) is 4.58.